The van der Waals surface area contributed by atoms with Gasteiger partial charge in [0.1, 0.15) is 5.69 Å². The lowest BCUT2D eigenvalue weighted by molar-refractivity contribution is -0.383. The Kier molecular flexibility index (Phi) is 4.09. The Hall–Kier alpha value is -2.60. The number of amides is 1. The van der Waals surface area contributed by atoms with E-state index in [1.54, 1.807) is 25.1 Å². The SMILES string of the molecule is Cc1c(N)cccc1C(=O)Nc1cc(Cl)ccc1[N+](=O)[O-]. The van der Waals surface area contributed by atoms with Crippen LogP contribution in [0.3, 0.4) is 0 Å². The molecule has 2 aromatic rings. The Labute approximate surface area is 125 Å². The van der Waals surface area contributed by atoms with Crippen molar-refractivity contribution in [1.82, 2.24) is 0 Å². The molecule has 2 rings (SSSR count). The topological polar surface area (TPSA) is 98.3 Å². The molecule has 0 saturated heterocycles. The summed E-state index contributed by atoms with van der Waals surface area (Å²) in [5.74, 6) is -0.481. The molecule has 0 aliphatic heterocycles. The van der Waals surface area contributed by atoms with E-state index in [0.29, 0.717) is 21.8 Å². The maximum Gasteiger partial charge on any atom is 0.292 e. The summed E-state index contributed by atoms with van der Waals surface area (Å²) >= 11 is 5.81. The first-order valence-electron chi connectivity index (χ1n) is 6.00. The predicted octanol–water partition coefficient (Wildman–Crippen LogP) is 3.39. The van der Waals surface area contributed by atoms with Crippen LogP contribution in [0.4, 0.5) is 17.1 Å². The number of nitro benzene ring substituents is 1. The molecule has 7 heteroatoms. The minimum absolute atomic E-state index is 0.0410. The van der Waals surface area contributed by atoms with Crippen LogP contribution >= 0.6 is 11.6 Å². The molecule has 1 amide bonds. The van der Waals surface area contributed by atoms with Crippen LogP contribution in [0.5, 0.6) is 0 Å². The summed E-state index contributed by atoms with van der Waals surface area (Å²) in [6, 6.07) is 8.87. The summed E-state index contributed by atoms with van der Waals surface area (Å²) in [5.41, 5.74) is 7.00. The number of nitrogens with two attached hydrogens (primary N) is 1. The van der Waals surface area contributed by atoms with E-state index in [-0.39, 0.29) is 11.4 Å². The lowest BCUT2D eigenvalue weighted by Gasteiger charge is -2.10. The number of nitrogens with one attached hydrogen (secondary N) is 1. The Morgan fingerprint density at radius 3 is 2.71 bits per heavy atom. The summed E-state index contributed by atoms with van der Waals surface area (Å²) in [6.45, 7) is 1.70. The van der Waals surface area contributed by atoms with E-state index < -0.39 is 10.8 Å². The largest absolute Gasteiger partial charge is 0.398 e. The number of nitrogens with zero attached hydrogens (tertiary/aromatic N) is 1. The average Bonchev–Trinajstić information content (AvgIpc) is 2.41. The highest BCUT2D eigenvalue weighted by Gasteiger charge is 2.18. The minimum Gasteiger partial charge on any atom is -0.398 e. The third-order valence-electron chi connectivity index (χ3n) is 3.02. The van der Waals surface area contributed by atoms with Gasteiger partial charge in [-0.3, -0.25) is 14.9 Å². The van der Waals surface area contributed by atoms with Crippen molar-refractivity contribution in [3.63, 3.8) is 0 Å². The number of halogens is 1. The van der Waals surface area contributed by atoms with Crippen molar-refractivity contribution in [3.8, 4) is 0 Å². The predicted molar refractivity (Wildman–Crippen MR) is 81.7 cm³/mol. The van der Waals surface area contributed by atoms with E-state index in [9.17, 15) is 14.9 Å². The molecule has 2 aromatic carbocycles. The fourth-order valence-corrected chi connectivity index (χ4v) is 2.03. The lowest BCUT2D eigenvalue weighted by atomic mass is 10.1. The van der Waals surface area contributed by atoms with E-state index in [2.05, 4.69) is 5.32 Å². The van der Waals surface area contributed by atoms with E-state index in [4.69, 9.17) is 17.3 Å². The van der Waals surface area contributed by atoms with Crippen LogP contribution in [0.15, 0.2) is 36.4 Å². The molecular formula is C14H12ClN3O3. The van der Waals surface area contributed by atoms with Gasteiger partial charge < -0.3 is 11.1 Å². The van der Waals surface area contributed by atoms with Gasteiger partial charge in [-0.25, -0.2) is 0 Å². The zero-order valence-corrected chi connectivity index (χ0v) is 11.8. The molecule has 0 saturated carbocycles. The molecule has 0 aliphatic rings. The maximum absolute atomic E-state index is 12.2. The lowest BCUT2D eigenvalue weighted by Crippen LogP contribution is -2.15. The molecule has 0 radical (unpaired) electrons. The zero-order chi connectivity index (χ0) is 15.6. The molecule has 0 aromatic heterocycles. The van der Waals surface area contributed by atoms with Crippen LogP contribution in [0.25, 0.3) is 0 Å². The van der Waals surface area contributed by atoms with Gasteiger partial charge in [-0.15, -0.1) is 0 Å². The van der Waals surface area contributed by atoms with Crippen molar-refractivity contribution in [2.75, 3.05) is 11.1 Å². The number of nitrogen functional groups attached to an aromatic ring is 1. The van der Waals surface area contributed by atoms with Crippen molar-refractivity contribution in [2.24, 2.45) is 0 Å². The highest BCUT2D eigenvalue weighted by atomic mass is 35.5. The van der Waals surface area contributed by atoms with Crippen molar-refractivity contribution >= 4 is 34.6 Å². The number of benzene rings is 2. The fourth-order valence-electron chi connectivity index (χ4n) is 1.86. The second-order valence-electron chi connectivity index (χ2n) is 4.39. The van der Waals surface area contributed by atoms with E-state index in [1.165, 1.54) is 18.2 Å². The summed E-state index contributed by atoms with van der Waals surface area (Å²) in [7, 11) is 0. The molecule has 108 valence electrons. The highest BCUT2D eigenvalue weighted by Crippen LogP contribution is 2.28. The molecule has 21 heavy (non-hydrogen) atoms. The molecule has 0 atom stereocenters. The highest BCUT2D eigenvalue weighted by molar-refractivity contribution is 6.31. The fraction of sp³-hybridized carbons (Fsp3) is 0.0714. The van der Waals surface area contributed by atoms with Crippen molar-refractivity contribution in [2.45, 2.75) is 6.92 Å². The molecule has 0 bridgehead atoms. The third kappa shape index (κ3) is 3.11. The van der Waals surface area contributed by atoms with E-state index in [0.717, 1.165) is 0 Å². The molecule has 0 fully saturated rings. The van der Waals surface area contributed by atoms with Gasteiger partial charge in [0.25, 0.3) is 11.6 Å². The average molecular weight is 306 g/mol. The Balaban J connectivity index is 2.38. The monoisotopic (exact) mass is 305 g/mol. The van der Waals surface area contributed by atoms with Crippen LogP contribution in [-0.2, 0) is 0 Å². The van der Waals surface area contributed by atoms with Gasteiger partial charge >= 0.3 is 0 Å². The third-order valence-corrected chi connectivity index (χ3v) is 3.26. The number of nitro groups is 1. The molecule has 0 aliphatic carbocycles. The number of carbonyl (C=O) groups excluding carboxylic acids is 1. The number of hydrogen-bond donors (Lipinski definition) is 2. The molecule has 6 nitrogen and oxygen atoms in total. The van der Waals surface area contributed by atoms with Crippen LogP contribution in [0, 0.1) is 17.0 Å². The van der Waals surface area contributed by atoms with Gasteiger partial charge in [0, 0.05) is 22.3 Å². The second kappa shape index (κ2) is 5.80. The van der Waals surface area contributed by atoms with Gasteiger partial charge in [0.15, 0.2) is 0 Å². The molecule has 3 N–H and O–H groups in total. The molecular weight excluding hydrogens is 294 g/mol. The summed E-state index contributed by atoms with van der Waals surface area (Å²) in [5, 5.41) is 13.8. The molecule has 0 spiro atoms. The number of anilines is 2. The van der Waals surface area contributed by atoms with Crippen molar-refractivity contribution in [3.05, 3.63) is 62.7 Å². The molecule has 0 unspecified atom stereocenters. The van der Waals surface area contributed by atoms with Crippen molar-refractivity contribution < 1.29 is 9.72 Å². The van der Waals surface area contributed by atoms with E-state index >= 15 is 0 Å². The number of rotatable bonds is 3. The summed E-state index contributed by atoms with van der Waals surface area (Å²) in [4.78, 5) is 22.6. The van der Waals surface area contributed by atoms with Crippen LogP contribution in [0.1, 0.15) is 15.9 Å². The smallest absolute Gasteiger partial charge is 0.292 e. The molecule has 0 heterocycles. The van der Waals surface area contributed by atoms with Crippen LogP contribution < -0.4 is 11.1 Å². The standard InChI is InChI=1S/C14H12ClN3O3/c1-8-10(3-2-4-11(8)16)14(19)17-12-7-9(15)5-6-13(12)18(20)21/h2-7H,16H2,1H3,(H,17,19). The second-order valence-corrected chi connectivity index (χ2v) is 4.83. The van der Waals surface area contributed by atoms with E-state index in [1.807, 2.05) is 0 Å². The quantitative estimate of drug-likeness (QED) is 0.516. The first kappa shape index (κ1) is 14.8. The van der Waals surface area contributed by atoms with Crippen molar-refractivity contribution in [1.29, 1.82) is 0 Å². The van der Waals surface area contributed by atoms with Gasteiger partial charge in [-0.05, 0) is 36.8 Å². The normalized spacial score (nSPS) is 10.2. The summed E-state index contributed by atoms with van der Waals surface area (Å²) in [6.07, 6.45) is 0. The van der Waals surface area contributed by atoms with Gasteiger partial charge in [-0.2, -0.15) is 0 Å². The number of hydrogen-bond acceptors (Lipinski definition) is 4. The van der Waals surface area contributed by atoms with Crippen LogP contribution in [-0.4, -0.2) is 10.8 Å². The van der Waals surface area contributed by atoms with Gasteiger partial charge in [0.2, 0.25) is 0 Å². The van der Waals surface area contributed by atoms with Crippen LogP contribution in [0.2, 0.25) is 5.02 Å². The Bertz CT molecular complexity index is 731. The first-order chi connectivity index (χ1) is 9.90. The summed E-state index contributed by atoms with van der Waals surface area (Å²) < 4.78 is 0. The Morgan fingerprint density at radius 1 is 1.33 bits per heavy atom. The maximum atomic E-state index is 12.2. The number of carbonyl (C=O) groups is 1. The van der Waals surface area contributed by atoms with Gasteiger partial charge in [-0.1, -0.05) is 17.7 Å². The minimum atomic E-state index is -0.585. The Morgan fingerprint density at radius 2 is 2.05 bits per heavy atom. The zero-order valence-electron chi connectivity index (χ0n) is 11.1. The first-order valence-corrected chi connectivity index (χ1v) is 6.38. The van der Waals surface area contributed by atoms with Gasteiger partial charge in [0.05, 0.1) is 4.92 Å².